The van der Waals surface area contributed by atoms with Gasteiger partial charge in [0.25, 0.3) is 0 Å². The summed E-state index contributed by atoms with van der Waals surface area (Å²) in [6, 6.07) is 4.87. The van der Waals surface area contributed by atoms with Crippen molar-refractivity contribution in [1.29, 1.82) is 0 Å². The summed E-state index contributed by atoms with van der Waals surface area (Å²) in [5, 5.41) is 5.43. The first kappa shape index (κ1) is 11.1. The van der Waals surface area contributed by atoms with E-state index in [0.29, 0.717) is 6.04 Å². The number of hydrogen-bond acceptors (Lipinski definition) is 4. The third kappa shape index (κ3) is 2.78. The minimum absolute atomic E-state index is 0.513. The highest BCUT2D eigenvalue weighted by Gasteiger charge is 2.22. The Hall–Kier alpha value is -0.420. The van der Waals surface area contributed by atoms with Crippen molar-refractivity contribution in [3.63, 3.8) is 0 Å². The van der Waals surface area contributed by atoms with E-state index in [1.54, 1.807) is 0 Å². The summed E-state index contributed by atoms with van der Waals surface area (Å²) in [7, 11) is 2.01. The lowest BCUT2D eigenvalue weighted by atomic mass is 10.2. The number of nitrogens with zero attached hydrogens (tertiary/aromatic N) is 1. The number of nitrogens with one attached hydrogen (secondary N) is 1. The highest BCUT2D eigenvalue weighted by Crippen LogP contribution is 2.25. The lowest BCUT2D eigenvalue weighted by Crippen LogP contribution is -2.42. The summed E-state index contributed by atoms with van der Waals surface area (Å²) < 4.78 is 5.39. The molecule has 2 rings (SSSR count). The van der Waals surface area contributed by atoms with Gasteiger partial charge in [0.05, 0.1) is 19.3 Å². The molecule has 0 amide bonds. The first-order valence-corrected chi connectivity index (χ1v) is 6.29. The fraction of sp³-hybridized carbons (Fsp3) is 0.636. The van der Waals surface area contributed by atoms with Crippen molar-refractivity contribution in [1.82, 2.24) is 10.2 Å². The van der Waals surface area contributed by atoms with E-state index in [9.17, 15) is 0 Å². The van der Waals surface area contributed by atoms with Gasteiger partial charge in [-0.25, -0.2) is 0 Å². The van der Waals surface area contributed by atoms with Gasteiger partial charge in [0, 0.05) is 24.5 Å². The van der Waals surface area contributed by atoms with Crippen LogP contribution in [-0.4, -0.2) is 44.8 Å². The van der Waals surface area contributed by atoms with E-state index < -0.39 is 0 Å². The molecule has 0 aromatic carbocycles. The molecule has 0 radical (unpaired) electrons. The number of hydrogen-bond donors (Lipinski definition) is 1. The maximum Gasteiger partial charge on any atom is 0.0594 e. The molecule has 1 fully saturated rings. The molecule has 0 saturated carbocycles. The molecule has 3 nitrogen and oxygen atoms in total. The van der Waals surface area contributed by atoms with E-state index >= 15 is 0 Å². The Morgan fingerprint density at radius 3 is 2.93 bits per heavy atom. The molecular weight excluding hydrogens is 208 g/mol. The molecule has 84 valence electrons. The molecule has 1 saturated heterocycles. The lowest BCUT2D eigenvalue weighted by molar-refractivity contribution is 0.0172. The van der Waals surface area contributed by atoms with Crippen LogP contribution in [0.5, 0.6) is 0 Å². The van der Waals surface area contributed by atoms with Crippen LogP contribution in [0.1, 0.15) is 10.9 Å². The average Bonchev–Trinajstić information content (AvgIpc) is 2.80. The summed E-state index contributed by atoms with van der Waals surface area (Å²) in [5.41, 5.74) is 0. The summed E-state index contributed by atoms with van der Waals surface area (Å²) >= 11 is 1.84. The molecule has 1 atom stereocenters. The predicted molar refractivity (Wildman–Crippen MR) is 63.4 cm³/mol. The molecule has 0 spiro atoms. The summed E-state index contributed by atoms with van der Waals surface area (Å²) in [6.07, 6.45) is 0. The van der Waals surface area contributed by atoms with Gasteiger partial charge < -0.3 is 10.1 Å². The van der Waals surface area contributed by atoms with Gasteiger partial charge in [-0.15, -0.1) is 11.3 Å². The summed E-state index contributed by atoms with van der Waals surface area (Å²) in [4.78, 5) is 3.96. The molecule has 0 bridgehead atoms. The number of likely N-dealkylation sites (N-methyl/N-ethyl adjacent to an activating group) is 1. The topological polar surface area (TPSA) is 24.5 Å². The normalized spacial score (nSPS) is 20.3. The third-order valence-electron chi connectivity index (χ3n) is 2.76. The van der Waals surface area contributed by atoms with Gasteiger partial charge in [0.15, 0.2) is 0 Å². The second-order valence-corrected chi connectivity index (χ2v) is 4.72. The van der Waals surface area contributed by atoms with E-state index in [4.69, 9.17) is 4.74 Å². The van der Waals surface area contributed by atoms with Crippen LogP contribution in [0.2, 0.25) is 0 Å². The van der Waals surface area contributed by atoms with Gasteiger partial charge in [0.1, 0.15) is 0 Å². The molecule has 1 N–H and O–H groups in total. The van der Waals surface area contributed by atoms with Gasteiger partial charge in [-0.2, -0.15) is 0 Å². The van der Waals surface area contributed by atoms with E-state index in [2.05, 4.69) is 27.7 Å². The number of ether oxygens (including phenoxy) is 1. The number of thiophene rings is 1. The van der Waals surface area contributed by atoms with Gasteiger partial charge >= 0.3 is 0 Å². The van der Waals surface area contributed by atoms with Crippen LogP contribution in [0.25, 0.3) is 0 Å². The Morgan fingerprint density at radius 2 is 2.33 bits per heavy atom. The van der Waals surface area contributed by atoms with Gasteiger partial charge in [-0.1, -0.05) is 6.07 Å². The van der Waals surface area contributed by atoms with Crippen LogP contribution in [0, 0.1) is 0 Å². The molecular formula is C11H18N2OS. The zero-order valence-electron chi connectivity index (χ0n) is 9.11. The molecule has 1 aliphatic heterocycles. The van der Waals surface area contributed by atoms with Crippen molar-refractivity contribution in [2.45, 2.75) is 6.04 Å². The summed E-state index contributed by atoms with van der Waals surface area (Å²) in [5.74, 6) is 0. The second kappa shape index (κ2) is 5.61. The molecule has 1 aromatic rings. The second-order valence-electron chi connectivity index (χ2n) is 3.74. The first-order valence-electron chi connectivity index (χ1n) is 5.41. The SMILES string of the molecule is CNC[C@@H](c1cccs1)N1CCOCC1. The predicted octanol–water partition coefficient (Wildman–Crippen LogP) is 1.34. The van der Waals surface area contributed by atoms with Crippen LogP contribution in [-0.2, 0) is 4.74 Å². The van der Waals surface area contributed by atoms with Crippen molar-refractivity contribution in [2.75, 3.05) is 39.9 Å². The zero-order valence-corrected chi connectivity index (χ0v) is 9.93. The van der Waals surface area contributed by atoms with Gasteiger partial charge in [-0.05, 0) is 18.5 Å². The van der Waals surface area contributed by atoms with E-state index in [-0.39, 0.29) is 0 Å². The molecule has 0 unspecified atom stereocenters. The largest absolute Gasteiger partial charge is 0.379 e. The summed E-state index contributed by atoms with van der Waals surface area (Å²) in [6.45, 7) is 4.84. The molecule has 1 aromatic heterocycles. The fourth-order valence-electron chi connectivity index (χ4n) is 1.97. The van der Waals surface area contributed by atoms with Crippen LogP contribution in [0.4, 0.5) is 0 Å². The third-order valence-corrected chi connectivity index (χ3v) is 3.73. The minimum atomic E-state index is 0.513. The Balaban J connectivity index is 2.04. The van der Waals surface area contributed by atoms with E-state index in [1.807, 2.05) is 18.4 Å². The van der Waals surface area contributed by atoms with Crippen LogP contribution >= 0.6 is 11.3 Å². The van der Waals surface area contributed by atoms with Crippen LogP contribution in [0.15, 0.2) is 17.5 Å². The highest BCUT2D eigenvalue weighted by atomic mass is 32.1. The molecule has 1 aliphatic rings. The van der Waals surface area contributed by atoms with Crippen molar-refractivity contribution in [3.8, 4) is 0 Å². The maximum atomic E-state index is 5.39. The zero-order chi connectivity index (χ0) is 10.5. The van der Waals surface area contributed by atoms with Crippen molar-refractivity contribution in [2.24, 2.45) is 0 Å². The van der Waals surface area contributed by atoms with E-state index in [0.717, 1.165) is 32.8 Å². The van der Waals surface area contributed by atoms with Crippen LogP contribution < -0.4 is 5.32 Å². The Morgan fingerprint density at radius 1 is 1.53 bits per heavy atom. The van der Waals surface area contributed by atoms with Crippen LogP contribution in [0.3, 0.4) is 0 Å². The van der Waals surface area contributed by atoms with Crippen molar-refractivity contribution in [3.05, 3.63) is 22.4 Å². The van der Waals surface area contributed by atoms with Crippen molar-refractivity contribution < 1.29 is 4.74 Å². The van der Waals surface area contributed by atoms with E-state index in [1.165, 1.54) is 4.88 Å². The number of rotatable bonds is 4. The molecule has 4 heteroatoms. The first-order chi connectivity index (χ1) is 7.42. The van der Waals surface area contributed by atoms with Gasteiger partial charge in [-0.3, -0.25) is 4.90 Å². The Kier molecular flexibility index (Phi) is 4.14. The highest BCUT2D eigenvalue weighted by molar-refractivity contribution is 7.10. The van der Waals surface area contributed by atoms with Gasteiger partial charge in [0.2, 0.25) is 0 Å². The molecule has 15 heavy (non-hydrogen) atoms. The number of morpholine rings is 1. The van der Waals surface area contributed by atoms with Crippen molar-refractivity contribution >= 4 is 11.3 Å². The standard InChI is InChI=1S/C11H18N2OS/c1-12-9-10(11-3-2-8-15-11)13-4-6-14-7-5-13/h2-3,8,10,12H,4-7,9H2,1H3/t10-/m0/s1. The fourth-order valence-corrected chi connectivity index (χ4v) is 2.83. The monoisotopic (exact) mass is 226 g/mol. The molecule has 2 heterocycles. The minimum Gasteiger partial charge on any atom is -0.379 e. The maximum absolute atomic E-state index is 5.39. The quantitative estimate of drug-likeness (QED) is 0.838. The molecule has 0 aliphatic carbocycles. The Labute approximate surface area is 95.0 Å². The Bertz CT molecular complexity index is 270. The average molecular weight is 226 g/mol. The smallest absolute Gasteiger partial charge is 0.0594 e. The lowest BCUT2D eigenvalue weighted by Gasteiger charge is -2.33.